The molecular formula is C37H32BrN5O3. The molecule has 0 bridgehead atoms. The Bertz CT molecular complexity index is 2110. The van der Waals surface area contributed by atoms with Crippen LogP contribution in [0.15, 0.2) is 129 Å². The summed E-state index contributed by atoms with van der Waals surface area (Å²) >= 11 is 3.46. The molecule has 0 atom stereocenters. The number of nitrogens with zero attached hydrogens (tertiary/aromatic N) is 2. The zero-order valence-corrected chi connectivity index (χ0v) is 27.0. The van der Waals surface area contributed by atoms with Crippen LogP contribution in [0.1, 0.15) is 33.4 Å². The average molecular weight is 675 g/mol. The second-order valence-corrected chi connectivity index (χ2v) is 11.6. The number of hydrogen-bond acceptors (Lipinski definition) is 7. The average Bonchev–Trinajstić information content (AvgIpc) is 3.70. The minimum Gasteiger partial charge on any atom is -0.465 e. The number of aryl methyl sites for hydroxylation is 2. The van der Waals surface area contributed by atoms with E-state index in [2.05, 4.69) is 54.0 Å². The Morgan fingerprint density at radius 2 is 1.22 bits per heavy atom. The third-order valence-corrected chi connectivity index (χ3v) is 7.61. The third kappa shape index (κ3) is 7.99. The first-order chi connectivity index (χ1) is 22.4. The number of benzene rings is 3. The number of furan rings is 2. The van der Waals surface area contributed by atoms with Gasteiger partial charge in [-0.3, -0.25) is 4.79 Å². The van der Waals surface area contributed by atoms with Crippen LogP contribution in [0.4, 0.5) is 17.3 Å². The molecule has 1 amide bonds. The number of pyridine rings is 2. The second kappa shape index (κ2) is 14.1. The van der Waals surface area contributed by atoms with Crippen molar-refractivity contribution in [2.75, 3.05) is 16.0 Å². The minimum atomic E-state index is -0.130. The smallest absolute Gasteiger partial charge is 0.255 e. The number of anilines is 3. The monoisotopic (exact) mass is 673 g/mol. The standard InChI is InChI=1S/C22H19N3O2.C15H13BrN2O/c1-15-7-10-19(27-15)14-23-21-12-8-17-13-18(9-11-20(17)25-21)24-22(26)16-5-3-2-4-6-16;1-10-2-5-13(19-10)9-17-15-7-3-11-8-12(16)4-6-14(11)18-15/h2-13H,14H2,1H3,(H,23,25)(H,24,26);2-8H,9H2,1H3,(H,17,18). The number of carbonyl (C=O) groups excluding carboxylic acids is 1. The Morgan fingerprint density at radius 3 is 1.78 bits per heavy atom. The van der Waals surface area contributed by atoms with Gasteiger partial charge in [0.05, 0.1) is 24.1 Å². The summed E-state index contributed by atoms with van der Waals surface area (Å²) in [7, 11) is 0. The van der Waals surface area contributed by atoms with Gasteiger partial charge in [-0.05, 0) is 111 Å². The molecule has 0 aliphatic heterocycles. The highest BCUT2D eigenvalue weighted by atomic mass is 79.9. The molecule has 230 valence electrons. The van der Waals surface area contributed by atoms with Gasteiger partial charge in [0.1, 0.15) is 34.7 Å². The van der Waals surface area contributed by atoms with Crippen molar-refractivity contribution >= 4 is 61.0 Å². The lowest BCUT2D eigenvalue weighted by atomic mass is 10.1. The Hall–Kier alpha value is -5.41. The second-order valence-electron chi connectivity index (χ2n) is 10.7. The maximum atomic E-state index is 12.3. The van der Waals surface area contributed by atoms with E-state index in [1.54, 1.807) is 12.1 Å². The molecule has 46 heavy (non-hydrogen) atoms. The number of carbonyl (C=O) groups is 1. The molecule has 0 unspecified atom stereocenters. The molecule has 0 spiro atoms. The molecule has 7 aromatic rings. The van der Waals surface area contributed by atoms with Gasteiger partial charge in [-0.15, -0.1) is 0 Å². The normalized spacial score (nSPS) is 10.8. The summed E-state index contributed by atoms with van der Waals surface area (Å²) in [6, 6.07) is 36.6. The van der Waals surface area contributed by atoms with Crippen LogP contribution in [-0.4, -0.2) is 15.9 Å². The topological polar surface area (TPSA) is 105 Å². The predicted octanol–water partition coefficient (Wildman–Crippen LogP) is 9.51. The molecule has 3 aromatic carbocycles. The zero-order valence-electron chi connectivity index (χ0n) is 25.4. The number of amides is 1. The van der Waals surface area contributed by atoms with Crippen molar-refractivity contribution in [1.29, 1.82) is 0 Å². The summed E-state index contributed by atoms with van der Waals surface area (Å²) in [5.74, 6) is 5.09. The molecule has 4 heterocycles. The molecular weight excluding hydrogens is 642 g/mol. The van der Waals surface area contributed by atoms with E-state index >= 15 is 0 Å². The maximum absolute atomic E-state index is 12.3. The van der Waals surface area contributed by atoms with Gasteiger partial charge in [0.15, 0.2) is 0 Å². The summed E-state index contributed by atoms with van der Waals surface area (Å²) in [5.41, 5.74) is 3.20. The molecule has 3 N–H and O–H groups in total. The summed E-state index contributed by atoms with van der Waals surface area (Å²) in [6.45, 7) is 5.09. The Balaban J connectivity index is 0.000000172. The largest absolute Gasteiger partial charge is 0.465 e. The van der Waals surface area contributed by atoms with Gasteiger partial charge in [0.25, 0.3) is 5.91 Å². The van der Waals surface area contributed by atoms with E-state index in [0.29, 0.717) is 18.7 Å². The highest BCUT2D eigenvalue weighted by molar-refractivity contribution is 9.10. The SMILES string of the molecule is Cc1ccc(CNc2ccc3cc(Br)ccc3n2)o1.Cc1ccc(CNc2ccc3cc(NC(=O)c4ccccc4)ccc3n2)o1. The van der Waals surface area contributed by atoms with E-state index in [4.69, 9.17) is 8.83 Å². The van der Waals surface area contributed by atoms with Crippen molar-refractivity contribution in [3.63, 3.8) is 0 Å². The number of fused-ring (bicyclic) bond motifs is 2. The first-order valence-corrected chi connectivity index (χ1v) is 15.6. The van der Waals surface area contributed by atoms with Crippen LogP contribution in [0.25, 0.3) is 21.8 Å². The summed E-state index contributed by atoms with van der Waals surface area (Å²) in [5, 5.41) is 11.5. The summed E-state index contributed by atoms with van der Waals surface area (Å²) < 4.78 is 12.1. The molecule has 8 nitrogen and oxygen atoms in total. The van der Waals surface area contributed by atoms with Crippen molar-refractivity contribution in [2.24, 2.45) is 0 Å². The van der Waals surface area contributed by atoms with Gasteiger partial charge >= 0.3 is 0 Å². The molecule has 4 aromatic heterocycles. The molecule has 0 aliphatic carbocycles. The van der Waals surface area contributed by atoms with E-state index in [1.807, 2.05) is 105 Å². The predicted molar refractivity (Wildman–Crippen MR) is 187 cm³/mol. The molecule has 0 saturated carbocycles. The van der Waals surface area contributed by atoms with Crippen LogP contribution in [0.5, 0.6) is 0 Å². The number of halogens is 1. The van der Waals surface area contributed by atoms with Gasteiger partial charge < -0.3 is 24.8 Å². The molecule has 0 fully saturated rings. The first-order valence-electron chi connectivity index (χ1n) is 14.8. The molecule has 0 saturated heterocycles. The van der Waals surface area contributed by atoms with Crippen molar-refractivity contribution in [1.82, 2.24) is 9.97 Å². The van der Waals surface area contributed by atoms with E-state index in [9.17, 15) is 4.79 Å². The van der Waals surface area contributed by atoms with Gasteiger partial charge in [0, 0.05) is 26.5 Å². The Morgan fingerprint density at radius 1 is 0.652 bits per heavy atom. The van der Waals surface area contributed by atoms with Crippen molar-refractivity contribution in [3.05, 3.63) is 148 Å². The van der Waals surface area contributed by atoms with E-state index in [-0.39, 0.29) is 5.91 Å². The van der Waals surface area contributed by atoms with E-state index in [0.717, 1.165) is 66.6 Å². The van der Waals surface area contributed by atoms with Crippen molar-refractivity contribution in [3.8, 4) is 0 Å². The van der Waals surface area contributed by atoms with Gasteiger partial charge in [-0.25, -0.2) is 9.97 Å². The van der Waals surface area contributed by atoms with Crippen molar-refractivity contribution in [2.45, 2.75) is 26.9 Å². The van der Waals surface area contributed by atoms with Crippen LogP contribution in [0.3, 0.4) is 0 Å². The van der Waals surface area contributed by atoms with Crippen LogP contribution < -0.4 is 16.0 Å². The van der Waals surface area contributed by atoms with Crippen LogP contribution in [0.2, 0.25) is 0 Å². The molecule has 9 heteroatoms. The summed E-state index contributed by atoms with van der Waals surface area (Å²) in [6.07, 6.45) is 0. The summed E-state index contributed by atoms with van der Waals surface area (Å²) in [4.78, 5) is 21.5. The molecule has 0 radical (unpaired) electrons. The van der Waals surface area contributed by atoms with Gasteiger partial charge in [0.2, 0.25) is 0 Å². The van der Waals surface area contributed by atoms with Crippen molar-refractivity contribution < 1.29 is 13.6 Å². The van der Waals surface area contributed by atoms with Gasteiger partial charge in [-0.1, -0.05) is 34.1 Å². The van der Waals surface area contributed by atoms with Gasteiger partial charge in [-0.2, -0.15) is 0 Å². The minimum absolute atomic E-state index is 0.130. The zero-order chi connectivity index (χ0) is 31.9. The van der Waals surface area contributed by atoms with Crippen LogP contribution in [-0.2, 0) is 13.1 Å². The highest BCUT2D eigenvalue weighted by Crippen LogP contribution is 2.22. The fraction of sp³-hybridized carbons (Fsp3) is 0.108. The van der Waals surface area contributed by atoms with Crippen LogP contribution in [0, 0.1) is 13.8 Å². The fourth-order valence-electron chi connectivity index (χ4n) is 4.81. The first kappa shape index (κ1) is 30.6. The number of nitrogens with one attached hydrogen (secondary N) is 3. The quantitative estimate of drug-likeness (QED) is 0.148. The van der Waals surface area contributed by atoms with Crippen LogP contribution >= 0.6 is 15.9 Å². The Labute approximate surface area is 275 Å². The third-order valence-electron chi connectivity index (χ3n) is 7.11. The Kier molecular flexibility index (Phi) is 9.40. The lowest BCUT2D eigenvalue weighted by Crippen LogP contribution is -2.11. The number of aromatic nitrogens is 2. The highest BCUT2D eigenvalue weighted by Gasteiger charge is 2.07. The number of rotatable bonds is 8. The lowest BCUT2D eigenvalue weighted by Gasteiger charge is -2.08. The van der Waals surface area contributed by atoms with E-state index < -0.39 is 0 Å². The number of hydrogen-bond donors (Lipinski definition) is 3. The fourth-order valence-corrected chi connectivity index (χ4v) is 5.18. The maximum Gasteiger partial charge on any atom is 0.255 e. The van der Waals surface area contributed by atoms with E-state index in [1.165, 1.54) is 0 Å². The lowest BCUT2D eigenvalue weighted by molar-refractivity contribution is 0.102. The molecule has 7 rings (SSSR count). The molecule has 0 aliphatic rings.